The lowest BCUT2D eigenvalue weighted by atomic mass is 10.2. The van der Waals surface area contributed by atoms with Crippen LogP contribution in [0.2, 0.25) is 0 Å². The van der Waals surface area contributed by atoms with Crippen molar-refractivity contribution in [2.24, 2.45) is 0 Å². The molecule has 0 aliphatic carbocycles. The van der Waals surface area contributed by atoms with Crippen molar-refractivity contribution in [1.82, 2.24) is 4.98 Å². The van der Waals surface area contributed by atoms with E-state index in [2.05, 4.69) is 26.2 Å². The molecule has 2 rings (SSSR count). The van der Waals surface area contributed by atoms with Gasteiger partial charge in [0.25, 0.3) is 0 Å². The number of nitrogens with one attached hydrogen (secondary N) is 1. The van der Waals surface area contributed by atoms with Gasteiger partial charge >= 0.3 is 0 Å². The van der Waals surface area contributed by atoms with E-state index in [1.165, 1.54) is 0 Å². The van der Waals surface area contributed by atoms with Crippen LogP contribution in [0.15, 0.2) is 34.8 Å². The first-order valence-electron chi connectivity index (χ1n) is 5.89. The molecule has 0 atom stereocenters. The molecule has 0 unspecified atom stereocenters. The summed E-state index contributed by atoms with van der Waals surface area (Å²) >= 11 is 3.43. The molecule has 4 nitrogen and oxygen atoms in total. The largest absolute Gasteiger partial charge is 0.495 e. The van der Waals surface area contributed by atoms with Crippen molar-refractivity contribution in [2.75, 3.05) is 18.2 Å². The standard InChI is InChI=1S/C14H16BrN3O/c1-9-11(15)4-6-14(18-9)17-8-10-3-5-13(19-2)12(16)7-10/h3-7H,8,16H2,1-2H3,(H,17,18). The van der Waals surface area contributed by atoms with Crippen molar-refractivity contribution in [1.29, 1.82) is 0 Å². The molecule has 1 heterocycles. The Bertz CT molecular complexity index is 587. The minimum absolute atomic E-state index is 0.641. The first-order valence-corrected chi connectivity index (χ1v) is 6.69. The minimum Gasteiger partial charge on any atom is -0.495 e. The number of methoxy groups -OCH3 is 1. The zero-order valence-corrected chi connectivity index (χ0v) is 12.5. The number of rotatable bonds is 4. The molecular weight excluding hydrogens is 306 g/mol. The van der Waals surface area contributed by atoms with Gasteiger partial charge in [-0.05, 0) is 52.7 Å². The summed E-state index contributed by atoms with van der Waals surface area (Å²) in [4.78, 5) is 4.43. The first kappa shape index (κ1) is 13.7. The summed E-state index contributed by atoms with van der Waals surface area (Å²) in [5.74, 6) is 1.54. The fourth-order valence-electron chi connectivity index (χ4n) is 1.73. The summed E-state index contributed by atoms with van der Waals surface area (Å²) in [6.45, 7) is 2.63. The predicted octanol–water partition coefficient (Wildman–Crippen LogP) is 3.36. The number of halogens is 1. The van der Waals surface area contributed by atoms with Crippen molar-refractivity contribution in [2.45, 2.75) is 13.5 Å². The highest BCUT2D eigenvalue weighted by Crippen LogP contribution is 2.22. The number of aromatic nitrogens is 1. The van der Waals surface area contributed by atoms with E-state index in [0.717, 1.165) is 21.5 Å². The molecule has 0 saturated carbocycles. The molecule has 0 fully saturated rings. The van der Waals surface area contributed by atoms with Crippen LogP contribution in [0.4, 0.5) is 11.5 Å². The van der Waals surface area contributed by atoms with Gasteiger partial charge in [-0.25, -0.2) is 4.98 Å². The maximum absolute atomic E-state index is 5.87. The summed E-state index contributed by atoms with van der Waals surface area (Å²) in [7, 11) is 1.61. The van der Waals surface area contributed by atoms with Crippen LogP contribution in [0, 0.1) is 6.92 Å². The minimum atomic E-state index is 0.641. The predicted molar refractivity (Wildman–Crippen MR) is 81.4 cm³/mol. The molecule has 0 aliphatic rings. The molecule has 1 aromatic carbocycles. The van der Waals surface area contributed by atoms with Crippen molar-refractivity contribution in [3.05, 3.63) is 46.1 Å². The number of anilines is 2. The number of nitrogen functional groups attached to an aromatic ring is 1. The fourth-order valence-corrected chi connectivity index (χ4v) is 1.95. The zero-order valence-electron chi connectivity index (χ0n) is 10.9. The third kappa shape index (κ3) is 3.38. The SMILES string of the molecule is COc1ccc(CNc2ccc(Br)c(C)n2)cc1N. The molecule has 19 heavy (non-hydrogen) atoms. The van der Waals surface area contributed by atoms with E-state index in [-0.39, 0.29) is 0 Å². The van der Waals surface area contributed by atoms with E-state index in [9.17, 15) is 0 Å². The maximum atomic E-state index is 5.87. The third-order valence-corrected chi connectivity index (χ3v) is 3.63. The van der Waals surface area contributed by atoms with Crippen LogP contribution in [0.3, 0.4) is 0 Å². The highest BCUT2D eigenvalue weighted by atomic mass is 79.9. The average molecular weight is 322 g/mol. The lowest BCUT2D eigenvalue weighted by Gasteiger charge is -2.09. The Morgan fingerprint density at radius 1 is 1.32 bits per heavy atom. The quantitative estimate of drug-likeness (QED) is 0.848. The Hall–Kier alpha value is -1.75. The maximum Gasteiger partial charge on any atom is 0.141 e. The number of ether oxygens (including phenoxy) is 1. The summed E-state index contributed by atoms with van der Waals surface area (Å²) < 4.78 is 6.13. The highest BCUT2D eigenvalue weighted by molar-refractivity contribution is 9.10. The Labute approximate surface area is 121 Å². The van der Waals surface area contributed by atoms with Gasteiger partial charge in [-0.2, -0.15) is 0 Å². The van der Waals surface area contributed by atoms with Crippen LogP contribution in [0.25, 0.3) is 0 Å². The molecule has 3 N–H and O–H groups in total. The lowest BCUT2D eigenvalue weighted by molar-refractivity contribution is 0.417. The Morgan fingerprint density at radius 2 is 2.11 bits per heavy atom. The second-order valence-corrected chi connectivity index (χ2v) is 5.05. The number of hydrogen-bond acceptors (Lipinski definition) is 4. The molecule has 0 amide bonds. The Kier molecular flexibility index (Phi) is 4.27. The number of nitrogens with two attached hydrogens (primary N) is 1. The number of aryl methyl sites for hydroxylation is 1. The summed E-state index contributed by atoms with van der Waals surface area (Å²) in [5, 5.41) is 3.27. The summed E-state index contributed by atoms with van der Waals surface area (Å²) in [6.07, 6.45) is 0. The second kappa shape index (κ2) is 5.93. The van der Waals surface area contributed by atoms with Gasteiger partial charge in [-0.3, -0.25) is 0 Å². The van der Waals surface area contributed by atoms with Gasteiger partial charge in [-0.15, -0.1) is 0 Å². The van der Waals surface area contributed by atoms with Crippen molar-refractivity contribution < 1.29 is 4.74 Å². The van der Waals surface area contributed by atoms with Crippen molar-refractivity contribution >= 4 is 27.4 Å². The Morgan fingerprint density at radius 3 is 2.74 bits per heavy atom. The van der Waals surface area contributed by atoms with Crippen LogP contribution in [0.5, 0.6) is 5.75 Å². The van der Waals surface area contributed by atoms with Crippen LogP contribution in [-0.2, 0) is 6.54 Å². The normalized spacial score (nSPS) is 10.3. The summed E-state index contributed by atoms with van der Waals surface area (Å²) in [6, 6.07) is 9.66. The highest BCUT2D eigenvalue weighted by Gasteiger charge is 2.02. The summed E-state index contributed by atoms with van der Waals surface area (Å²) in [5.41, 5.74) is 8.55. The van der Waals surface area contributed by atoms with E-state index >= 15 is 0 Å². The van der Waals surface area contributed by atoms with E-state index in [0.29, 0.717) is 18.0 Å². The molecule has 0 saturated heterocycles. The number of pyridine rings is 1. The molecule has 2 aromatic rings. The lowest BCUT2D eigenvalue weighted by Crippen LogP contribution is -2.03. The molecule has 0 radical (unpaired) electrons. The van der Waals surface area contributed by atoms with Gasteiger partial charge in [0.1, 0.15) is 11.6 Å². The van der Waals surface area contributed by atoms with Crippen molar-refractivity contribution in [3.63, 3.8) is 0 Å². The van der Waals surface area contributed by atoms with Gasteiger partial charge in [0.05, 0.1) is 18.5 Å². The van der Waals surface area contributed by atoms with Gasteiger partial charge in [0, 0.05) is 11.0 Å². The third-order valence-electron chi connectivity index (χ3n) is 2.79. The zero-order chi connectivity index (χ0) is 13.8. The average Bonchev–Trinajstić information content (AvgIpc) is 2.40. The molecule has 0 spiro atoms. The van der Waals surface area contributed by atoms with Gasteiger partial charge < -0.3 is 15.8 Å². The van der Waals surface area contributed by atoms with E-state index in [1.54, 1.807) is 7.11 Å². The molecule has 5 heteroatoms. The van der Waals surface area contributed by atoms with E-state index < -0.39 is 0 Å². The number of benzene rings is 1. The van der Waals surface area contributed by atoms with Crippen LogP contribution >= 0.6 is 15.9 Å². The molecule has 1 aromatic heterocycles. The second-order valence-electron chi connectivity index (χ2n) is 4.19. The molecule has 0 bridgehead atoms. The fraction of sp³-hybridized carbons (Fsp3) is 0.214. The molecule has 100 valence electrons. The molecule has 0 aliphatic heterocycles. The van der Waals surface area contributed by atoms with Crippen molar-refractivity contribution in [3.8, 4) is 5.75 Å². The molecular formula is C14H16BrN3O. The Balaban J connectivity index is 2.05. The number of hydrogen-bond donors (Lipinski definition) is 2. The first-order chi connectivity index (χ1) is 9.10. The van der Waals surface area contributed by atoms with Gasteiger partial charge in [0.15, 0.2) is 0 Å². The monoisotopic (exact) mass is 321 g/mol. The van der Waals surface area contributed by atoms with Crippen LogP contribution in [0.1, 0.15) is 11.3 Å². The van der Waals surface area contributed by atoms with E-state index in [4.69, 9.17) is 10.5 Å². The van der Waals surface area contributed by atoms with Crippen LogP contribution in [-0.4, -0.2) is 12.1 Å². The van der Waals surface area contributed by atoms with Crippen LogP contribution < -0.4 is 15.8 Å². The van der Waals surface area contributed by atoms with Gasteiger partial charge in [-0.1, -0.05) is 6.07 Å². The topological polar surface area (TPSA) is 60.2 Å². The van der Waals surface area contributed by atoms with Gasteiger partial charge in [0.2, 0.25) is 0 Å². The number of nitrogens with zero attached hydrogens (tertiary/aromatic N) is 1. The van der Waals surface area contributed by atoms with E-state index in [1.807, 2.05) is 37.3 Å². The smallest absolute Gasteiger partial charge is 0.141 e.